The van der Waals surface area contributed by atoms with E-state index in [2.05, 4.69) is 11.4 Å². The second-order valence-electron chi connectivity index (χ2n) is 7.62. The lowest BCUT2D eigenvalue weighted by Gasteiger charge is -2.27. The van der Waals surface area contributed by atoms with E-state index in [1.165, 1.54) is 29.9 Å². The van der Waals surface area contributed by atoms with Gasteiger partial charge in [0, 0.05) is 29.5 Å². The molecule has 1 saturated heterocycles. The van der Waals surface area contributed by atoms with Crippen molar-refractivity contribution in [2.75, 3.05) is 18.5 Å². The van der Waals surface area contributed by atoms with E-state index in [4.69, 9.17) is 9.15 Å². The highest BCUT2D eigenvalue weighted by Crippen LogP contribution is 2.38. The molecule has 31 heavy (non-hydrogen) atoms. The minimum Gasteiger partial charge on any atom is -0.472 e. The van der Waals surface area contributed by atoms with Crippen molar-refractivity contribution in [3.05, 3.63) is 46.2 Å². The molecule has 1 fully saturated rings. The van der Waals surface area contributed by atoms with Crippen LogP contribution in [0.3, 0.4) is 0 Å². The Morgan fingerprint density at radius 3 is 3.06 bits per heavy atom. The van der Waals surface area contributed by atoms with Crippen LogP contribution in [0.4, 0.5) is 9.80 Å². The summed E-state index contributed by atoms with van der Waals surface area (Å²) >= 11 is 1.35. The molecule has 2 N–H and O–H groups in total. The highest BCUT2D eigenvalue weighted by Gasteiger charge is 2.33. The molecule has 1 aliphatic carbocycles. The van der Waals surface area contributed by atoms with Gasteiger partial charge < -0.3 is 24.5 Å². The largest absolute Gasteiger partial charge is 0.472 e. The van der Waals surface area contributed by atoms with Gasteiger partial charge in [-0.1, -0.05) is 0 Å². The van der Waals surface area contributed by atoms with Gasteiger partial charge in [-0.05, 0) is 43.4 Å². The Morgan fingerprint density at radius 2 is 2.32 bits per heavy atom. The standard InChI is InChI=1S/C22H23N3O5S/c23-11-18-17-5-4-16(30-22(28)25-8-1-2-15(25)12-26)10-19(17)31-21(18)24-20(27)6-3-14-7-9-29-13-14/h3,6-7,9,13,15-16,26H,1-2,4-5,8,10,12H2,(H,24,27)/b6-3+. The first-order chi connectivity index (χ1) is 15.1. The number of anilines is 1. The van der Waals surface area contributed by atoms with Gasteiger partial charge in [-0.15, -0.1) is 11.3 Å². The van der Waals surface area contributed by atoms with Gasteiger partial charge in [0.25, 0.3) is 0 Å². The predicted molar refractivity (Wildman–Crippen MR) is 115 cm³/mol. The Bertz CT molecular complexity index is 1020. The van der Waals surface area contributed by atoms with Crippen LogP contribution < -0.4 is 5.32 Å². The number of thiophene rings is 1. The lowest BCUT2D eigenvalue weighted by Crippen LogP contribution is -2.40. The van der Waals surface area contributed by atoms with E-state index >= 15 is 0 Å². The van der Waals surface area contributed by atoms with Crippen LogP contribution in [0.5, 0.6) is 0 Å². The van der Waals surface area contributed by atoms with Crippen molar-refractivity contribution >= 4 is 34.4 Å². The third-order valence-electron chi connectivity index (χ3n) is 5.63. The monoisotopic (exact) mass is 441 g/mol. The molecule has 0 aromatic carbocycles. The van der Waals surface area contributed by atoms with E-state index in [9.17, 15) is 20.0 Å². The van der Waals surface area contributed by atoms with Crippen LogP contribution >= 0.6 is 11.3 Å². The summed E-state index contributed by atoms with van der Waals surface area (Å²) in [6.07, 6.45) is 8.80. The highest BCUT2D eigenvalue weighted by atomic mass is 32.1. The van der Waals surface area contributed by atoms with Crippen LogP contribution in [0.1, 0.15) is 40.8 Å². The average Bonchev–Trinajstić information content (AvgIpc) is 3.51. The average molecular weight is 442 g/mol. The molecule has 2 amide bonds. The SMILES string of the molecule is N#Cc1c(NC(=O)/C=C/c2ccoc2)sc2c1CCC(OC(=O)N1CCCC1CO)C2. The van der Waals surface area contributed by atoms with Crippen molar-refractivity contribution in [2.24, 2.45) is 0 Å². The first-order valence-electron chi connectivity index (χ1n) is 10.2. The van der Waals surface area contributed by atoms with E-state index in [1.807, 2.05) is 0 Å². The van der Waals surface area contributed by atoms with E-state index in [-0.39, 0.29) is 30.8 Å². The molecule has 9 heteroatoms. The Balaban J connectivity index is 1.41. The van der Waals surface area contributed by atoms with Gasteiger partial charge in [-0.2, -0.15) is 5.26 Å². The predicted octanol–water partition coefficient (Wildman–Crippen LogP) is 3.32. The number of carbonyl (C=O) groups excluding carboxylic acids is 2. The van der Waals surface area contributed by atoms with Gasteiger partial charge >= 0.3 is 6.09 Å². The van der Waals surface area contributed by atoms with Crippen LogP contribution in [0.2, 0.25) is 0 Å². The Labute approximate surface area is 183 Å². The van der Waals surface area contributed by atoms with Gasteiger partial charge in [0.05, 0.1) is 30.7 Å². The van der Waals surface area contributed by atoms with Crippen LogP contribution in [-0.2, 0) is 22.4 Å². The maximum atomic E-state index is 12.5. The second-order valence-corrected chi connectivity index (χ2v) is 8.72. The van der Waals surface area contributed by atoms with Crippen molar-refractivity contribution < 1.29 is 23.8 Å². The minimum absolute atomic E-state index is 0.0571. The third kappa shape index (κ3) is 4.65. The fraction of sp³-hybridized carbons (Fsp3) is 0.409. The summed E-state index contributed by atoms with van der Waals surface area (Å²) < 4.78 is 10.7. The number of aliphatic hydroxyl groups is 1. The zero-order chi connectivity index (χ0) is 21.8. The number of likely N-dealkylation sites (tertiary alicyclic amines) is 1. The number of carbonyl (C=O) groups is 2. The number of nitrogens with one attached hydrogen (secondary N) is 1. The maximum absolute atomic E-state index is 12.5. The summed E-state index contributed by atoms with van der Waals surface area (Å²) in [5.74, 6) is -0.330. The van der Waals surface area contributed by atoms with Crippen molar-refractivity contribution in [3.8, 4) is 6.07 Å². The molecule has 2 aromatic rings. The molecule has 2 aliphatic rings. The van der Waals surface area contributed by atoms with Crippen molar-refractivity contribution in [1.82, 2.24) is 4.90 Å². The molecule has 4 rings (SSSR count). The minimum atomic E-state index is -0.389. The topological polar surface area (TPSA) is 116 Å². The number of nitrogens with zero attached hydrogens (tertiary/aromatic N) is 2. The normalized spacial score (nSPS) is 20.5. The second kappa shape index (κ2) is 9.37. The molecule has 3 heterocycles. The molecule has 0 spiro atoms. The third-order valence-corrected chi connectivity index (χ3v) is 6.80. The number of ether oxygens (including phenoxy) is 1. The number of furan rings is 1. The number of fused-ring (bicyclic) bond motifs is 1. The number of aliphatic hydroxyl groups excluding tert-OH is 1. The summed E-state index contributed by atoms with van der Waals surface area (Å²) in [4.78, 5) is 27.3. The number of hydrogen-bond acceptors (Lipinski definition) is 7. The van der Waals surface area contributed by atoms with E-state index in [0.717, 1.165) is 28.8 Å². The van der Waals surface area contributed by atoms with Gasteiger partial charge in [-0.3, -0.25) is 4.79 Å². The lowest BCUT2D eigenvalue weighted by molar-refractivity contribution is -0.111. The quantitative estimate of drug-likeness (QED) is 0.688. The Morgan fingerprint density at radius 1 is 1.45 bits per heavy atom. The Kier molecular flexibility index (Phi) is 6.39. The number of nitriles is 1. The van der Waals surface area contributed by atoms with Gasteiger partial charge in [-0.25, -0.2) is 4.79 Å². The molecule has 162 valence electrons. The van der Waals surface area contributed by atoms with Gasteiger partial charge in [0.1, 0.15) is 17.2 Å². The summed E-state index contributed by atoms with van der Waals surface area (Å²) in [6, 6.07) is 3.77. The first-order valence-corrected chi connectivity index (χ1v) is 11.0. The van der Waals surface area contributed by atoms with Gasteiger partial charge in [0.2, 0.25) is 5.91 Å². The first kappa shape index (κ1) is 21.2. The zero-order valence-electron chi connectivity index (χ0n) is 16.9. The van der Waals surface area contributed by atoms with E-state index in [1.54, 1.807) is 17.0 Å². The van der Waals surface area contributed by atoms with Crippen LogP contribution in [-0.4, -0.2) is 47.3 Å². The summed E-state index contributed by atoms with van der Waals surface area (Å²) in [5.41, 5.74) is 2.17. The number of hydrogen-bond donors (Lipinski definition) is 2. The van der Waals surface area contributed by atoms with Crippen molar-refractivity contribution in [2.45, 2.75) is 44.2 Å². The zero-order valence-corrected chi connectivity index (χ0v) is 17.7. The van der Waals surface area contributed by atoms with Crippen LogP contribution in [0.25, 0.3) is 6.08 Å². The van der Waals surface area contributed by atoms with Crippen molar-refractivity contribution in [1.29, 1.82) is 5.26 Å². The van der Waals surface area contributed by atoms with Crippen molar-refractivity contribution in [3.63, 3.8) is 0 Å². The highest BCUT2D eigenvalue weighted by molar-refractivity contribution is 7.16. The van der Waals surface area contributed by atoms with E-state index in [0.29, 0.717) is 36.4 Å². The molecule has 0 saturated carbocycles. The summed E-state index contributed by atoms with van der Waals surface area (Å²) in [5, 5.41) is 22.4. The Hall–Kier alpha value is -3.09. The summed E-state index contributed by atoms with van der Waals surface area (Å²) in [7, 11) is 0. The lowest BCUT2D eigenvalue weighted by atomic mass is 9.94. The molecule has 1 aliphatic heterocycles. The van der Waals surface area contributed by atoms with Crippen LogP contribution in [0, 0.1) is 11.3 Å². The molecule has 0 bridgehead atoms. The summed E-state index contributed by atoms with van der Waals surface area (Å²) in [6.45, 7) is 0.542. The number of amides is 2. The molecule has 2 unspecified atom stereocenters. The molecule has 2 atom stereocenters. The fourth-order valence-corrected chi connectivity index (χ4v) is 5.30. The van der Waals surface area contributed by atoms with Crippen LogP contribution in [0.15, 0.2) is 29.1 Å². The maximum Gasteiger partial charge on any atom is 0.410 e. The molecule has 8 nitrogen and oxygen atoms in total. The molecular formula is C22H23N3O5S. The van der Waals surface area contributed by atoms with Gasteiger partial charge in [0.15, 0.2) is 0 Å². The molecular weight excluding hydrogens is 418 g/mol. The number of rotatable bonds is 5. The fourth-order valence-electron chi connectivity index (χ4n) is 4.03. The molecule has 0 radical (unpaired) electrons. The van der Waals surface area contributed by atoms with E-state index < -0.39 is 0 Å². The smallest absolute Gasteiger partial charge is 0.410 e. The molecule has 2 aromatic heterocycles.